The third kappa shape index (κ3) is 3.76. The van der Waals surface area contributed by atoms with Crippen molar-refractivity contribution in [3.05, 3.63) is 29.8 Å². The van der Waals surface area contributed by atoms with E-state index in [1.165, 1.54) is 0 Å². The SMILES string of the molecule is CCC(=O)c1ccc(O[Si](C(C)C)(C(C)C)C(C)C)cc1. The first-order valence-electron chi connectivity index (χ1n) is 8.07. The third-order valence-electron chi connectivity index (χ3n) is 4.50. The number of hydrogen-bond donors (Lipinski definition) is 0. The lowest BCUT2D eigenvalue weighted by molar-refractivity contribution is 0.0988. The Kier molecular flexibility index (Phi) is 6.20. The van der Waals surface area contributed by atoms with E-state index < -0.39 is 8.32 Å². The maximum atomic E-state index is 11.7. The van der Waals surface area contributed by atoms with Crippen LogP contribution < -0.4 is 4.43 Å². The van der Waals surface area contributed by atoms with Crippen LogP contribution in [0.25, 0.3) is 0 Å². The molecule has 0 atom stereocenters. The molecule has 0 unspecified atom stereocenters. The standard InChI is InChI=1S/C18H30O2Si/c1-8-18(19)16-9-11-17(12-10-16)20-21(13(2)3,14(4)5)15(6)7/h9-15H,8H2,1-7H3. The van der Waals surface area contributed by atoms with E-state index in [-0.39, 0.29) is 5.78 Å². The average Bonchev–Trinajstić information content (AvgIpc) is 2.43. The molecule has 0 aromatic heterocycles. The first-order chi connectivity index (χ1) is 9.75. The Morgan fingerprint density at radius 2 is 1.38 bits per heavy atom. The van der Waals surface area contributed by atoms with Crippen LogP contribution in [0.15, 0.2) is 24.3 Å². The molecule has 0 saturated heterocycles. The van der Waals surface area contributed by atoms with Gasteiger partial charge in [-0.05, 0) is 40.9 Å². The van der Waals surface area contributed by atoms with E-state index in [1.54, 1.807) is 0 Å². The molecule has 118 valence electrons. The van der Waals surface area contributed by atoms with Crippen LogP contribution in [0.4, 0.5) is 0 Å². The third-order valence-corrected chi connectivity index (χ3v) is 10.5. The summed E-state index contributed by atoms with van der Waals surface area (Å²) in [5, 5.41) is 0. The highest BCUT2D eigenvalue weighted by molar-refractivity contribution is 6.78. The molecule has 1 aromatic rings. The summed E-state index contributed by atoms with van der Waals surface area (Å²) in [6, 6.07) is 7.69. The predicted molar refractivity (Wildman–Crippen MR) is 92.7 cm³/mol. The molecule has 0 aliphatic heterocycles. The van der Waals surface area contributed by atoms with E-state index in [0.29, 0.717) is 23.0 Å². The molecule has 21 heavy (non-hydrogen) atoms. The predicted octanol–water partition coefficient (Wildman–Crippen LogP) is 5.83. The van der Waals surface area contributed by atoms with E-state index in [2.05, 4.69) is 41.5 Å². The Labute approximate surface area is 131 Å². The molecule has 0 heterocycles. The quantitative estimate of drug-likeness (QED) is 0.467. The number of rotatable bonds is 7. The Bertz CT molecular complexity index is 439. The first-order valence-corrected chi connectivity index (χ1v) is 10.2. The molecule has 0 N–H and O–H groups in total. The average molecular weight is 307 g/mol. The number of Topliss-reactive ketones (excluding diaryl/α,β-unsaturated/α-hetero) is 1. The normalized spacial score (nSPS) is 12.3. The number of benzene rings is 1. The second-order valence-corrected chi connectivity index (χ2v) is 12.1. The number of carbonyl (C=O) groups excluding carboxylic acids is 1. The molecule has 0 amide bonds. The van der Waals surface area contributed by atoms with Gasteiger partial charge in [0.1, 0.15) is 5.75 Å². The fraction of sp³-hybridized carbons (Fsp3) is 0.611. The number of ketones is 1. The van der Waals surface area contributed by atoms with Gasteiger partial charge >= 0.3 is 0 Å². The van der Waals surface area contributed by atoms with Crippen LogP contribution in [0.5, 0.6) is 5.75 Å². The molecule has 3 heteroatoms. The molecule has 0 bridgehead atoms. The van der Waals surface area contributed by atoms with E-state index in [9.17, 15) is 4.79 Å². The van der Waals surface area contributed by atoms with Gasteiger partial charge in [-0.1, -0.05) is 48.5 Å². The van der Waals surface area contributed by atoms with Crippen molar-refractivity contribution in [2.45, 2.75) is 71.5 Å². The van der Waals surface area contributed by atoms with E-state index >= 15 is 0 Å². The largest absolute Gasteiger partial charge is 0.543 e. The lowest BCUT2D eigenvalue weighted by Crippen LogP contribution is -2.50. The summed E-state index contributed by atoms with van der Waals surface area (Å²) in [5.41, 5.74) is 2.43. The van der Waals surface area contributed by atoms with E-state index in [1.807, 2.05) is 31.2 Å². The second-order valence-electron chi connectivity index (χ2n) is 6.72. The maximum Gasteiger partial charge on any atom is 0.258 e. The summed E-state index contributed by atoms with van der Waals surface area (Å²) in [6.45, 7) is 15.6. The van der Waals surface area contributed by atoms with Gasteiger partial charge in [-0.15, -0.1) is 0 Å². The van der Waals surface area contributed by atoms with Gasteiger partial charge in [-0.25, -0.2) is 0 Å². The molecule has 1 rings (SSSR count). The van der Waals surface area contributed by atoms with Crippen LogP contribution in [0.2, 0.25) is 16.6 Å². The lowest BCUT2D eigenvalue weighted by Gasteiger charge is -2.42. The molecular formula is C18H30O2Si. The molecule has 0 spiro atoms. The van der Waals surface area contributed by atoms with Crippen molar-refractivity contribution in [2.24, 2.45) is 0 Å². The van der Waals surface area contributed by atoms with Crippen molar-refractivity contribution in [1.29, 1.82) is 0 Å². The zero-order valence-electron chi connectivity index (χ0n) is 14.6. The maximum absolute atomic E-state index is 11.7. The number of carbonyl (C=O) groups is 1. The van der Waals surface area contributed by atoms with E-state index in [0.717, 1.165) is 11.3 Å². The molecule has 2 nitrogen and oxygen atoms in total. The summed E-state index contributed by atoms with van der Waals surface area (Å²) < 4.78 is 6.58. The summed E-state index contributed by atoms with van der Waals surface area (Å²) >= 11 is 0. The minimum absolute atomic E-state index is 0.182. The van der Waals surface area contributed by atoms with Crippen LogP contribution in [-0.2, 0) is 0 Å². The van der Waals surface area contributed by atoms with Crippen LogP contribution in [0.3, 0.4) is 0 Å². The molecule has 0 aliphatic carbocycles. The fourth-order valence-corrected chi connectivity index (χ4v) is 8.72. The Morgan fingerprint density at radius 3 is 1.71 bits per heavy atom. The van der Waals surface area contributed by atoms with Gasteiger partial charge in [0.15, 0.2) is 5.78 Å². The molecule has 0 fully saturated rings. The summed E-state index contributed by atoms with van der Waals surface area (Å²) in [6.07, 6.45) is 0.545. The van der Waals surface area contributed by atoms with Crippen LogP contribution in [0, 0.1) is 0 Å². The smallest absolute Gasteiger partial charge is 0.258 e. The Hall–Kier alpha value is -1.09. The molecule has 0 radical (unpaired) electrons. The van der Waals surface area contributed by atoms with Crippen molar-refractivity contribution >= 4 is 14.1 Å². The fourth-order valence-electron chi connectivity index (χ4n) is 3.47. The second kappa shape index (κ2) is 7.26. The topological polar surface area (TPSA) is 26.3 Å². The Morgan fingerprint density at radius 1 is 0.952 bits per heavy atom. The van der Waals surface area contributed by atoms with Crippen molar-refractivity contribution in [3.63, 3.8) is 0 Å². The zero-order chi connectivity index (χ0) is 16.2. The van der Waals surface area contributed by atoms with Gasteiger partial charge in [0.2, 0.25) is 0 Å². The van der Waals surface area contributed by atoms with Gasteiger partial charge in [-0.3, -0.25) is 4.79 Å². The summed E-state index contributed by atoms with van der Waals surface area (Å²) in [5.74, 6) is 1.09. The van der Waals surface area contributed by atoms with Crippen molar-refractivity contribution in [1.82, 2.24) is 0 Å². The highest BCUT2D eigenvalue weighted by Gasteiger charge is 2.46. The molecule has 0 saturated carbocycles. The van der Waals surface area contributed by atoms with Crippen molar-refractivity contribution in [2.75, 3.05) is 0 Å². The summed E-state index contributed by atoms with van der Waals surface area (Å²) in [7, 11) is -1.91. The van der Waals surface area contributed by atoms with E-state index in [4.69, 9.17) is 4.43 Å². The van der Waals surface area contributed by atoms with Gasteiger partial charge in [0.05, 0.1) is 0 Å². The first kappa shape index (κ1) is 18.0. The lowest BCUT2D eigenvalue weighted by atomic mass is 10.1. The highest BCUT2D eigenvalue weighted by atomic mass is 28.4. The summed E-state index contributed by atoms with van der Waals surface area (Å²) in [4.78, 5) is 11.7. The van der Waals surface area contributed by atoms with Gasteiger partial charge in [-0.2, -0.15) is 0 Å². The van der Waals surface area contributed by atoms with Crippen molar-refractivity contribution < 1.29 is 9.22 Å². The Balaban J connectivity index is 3.07. The zero-order valence-corrected chi connectivity index (χ0v) is 15.6. The molecular weight excluding hydrogens is 276 g/mol. The monoisotopic (exact) mass is 306 g/mol. The minimum Gasteiger partial charge on any atom is -0.543 e. The van der Waals surface area contributed by atoms with Crippen LogP contribution in [-0.4, -0.2) is 14.1 Å². The van der Waals surface area contributed by atoms with Gasteiger partial charge < -0.3 is 4.43 Å². The molecule has 0 aliphatic rings. The van der Waals surface area contributed by atoms with Crippen molar-refractivity contribution in [3.8, 4) is 5.75 Å². The van der Waals surface area contributed by atoms with Gasteiger partial charge in [0.25, 0.3) is 8.32 Å². The van der Waals surface area contributed by atoms with Crippen LogP contribution >= 0.6 is 0 Å². The van der Waals surface area contributed by atoms with Crippen LogP contribution in [0.1, 0.15) is 65.2 Å². The highest BCUT2D eigenvalue weighted by Crippen LogP contribution is 2.42. The molecule has 1 aromatic carbocycles. The van der Waals surface area contributed by atoms with Gasteiger partial charge in [0, 0.05) is 12.0 Å². The minimum atomic E-state index is -1.91. The number of hydrogen-bond acceptors (Lipinski definition) is 2.